The van der Waals surface area contributed by atoms with Crippen LogP contribution in [0, 0.1) is 0 Å². The minimum absolute atomic E-state index is 0.0282. The number of aliphatic hydroxyl groups excluding tert-OH is 1. The van der Waals surface area contributed by atoms with Gasteiger partial charge in [0.25, 0.3) is 0 Å². The van der Waals surface area contributed by atoms with E-state index in [4.69, 9.17) is 57.2 Å². The lowest BCUT2D eigenvalue weighted by molar-refractivity contribution is -0.0325. The van der Waals surface area contributed by atoms with Crippen LogP contribution in [-0.4, -0.2) is 170 Å². The molecule has 0 atom stereocenters. The van der Waals surface area contributed by atoms with Gasteiger partial charge in [-0.15, -0.1) is 0 Å². The Balaban J connectivity index is 1.60. The maximum absolute atomic E-state index is 8.57. The molecule has 1 aliphatic heterocycles. The molecule has 1 heterocycles. The summed E-state index contributed by atoms with van der Waals surface area (Å²) < 4.78 is 59.9. The first-order valence-corrected chi connectivity index (χ1v) is 14.6. The lowest BCUT2D eigenvalue weighted by Gasteiger charge is -2.22. The average Bonchev–Trinajstić information content (AvgIpc) is 2.98. The summed E-state index contributed by atoms with van der Waals surface area (Å²) in [4.78, 5) is 0. The maximum atomic E-state index is 8.57. The number of aliphatic hydroxyl groups is 1. The van der Waals surface area contributed by atoms with Gasteiger partial charge in [0.05, 0.1) is 151 Å². The van der Waals surface area contributed by atoms with Crippen LogP contribution in [0.3, 0.4) is 0 Å². The van der Waals surface area contributed by atoms with Crippen molar-refractivity contribution < 1.29 is 57.2 Å². The van der Waals surface area contributed by atoms with E-state index in [0.29, 0.717) is 145 Å². The van der Waals surface area contributed by atoms with Crippen molar-refractivity contribution in [2.45, 2.75) is 18.9 Å². The first-order chi connectivity index (χ1) is 19.9. The van der Waals surface area contributed by atoms with Crippen molar-refractivity contribution in [2.24, 2.45) is 0 Å². The van der Waals surface area contributed by atoms with Gasteiger partial charge in [-0.1, -0.05) is 0 Å². The van der Waals surface area contributed by atoms with Gasteiger partial charge >= 0.3 is 0 Å². The van der Waals surface area contributed by atoms with Crippen molar-refractivity contribution in [3.05, 3.63) is 0 Å². The normalized spacial score (nSPS) is 14.3. The van der Waals surface area contributed by atoms with E-state index in [9.17, 15) is 0 Å². The van der Waals surface area contributed by atoms with Gasteiger partial charge in [0.2, 0.25) is 0 Å². The smallest absolute Gasteiger partial charge is 0.0704 e. The molecule has 0 radical (unpaired) electrons. The molecule has 0 saturated carbocycles. The fourth-order valence-corrected chi connectivity index (χ4v) is 3.38. The Morgan fingerprint density at radius 1 is 0.375 bits per heavy atom. The molecule has 1 rings (SSSR count). The second-order valence-electron chi connectivity index (χ2n) is 8.67. The summed E-state index contributed by atoms with van der Waals surface area (Å²) >= 11 is 0. The molecule has 2 N–H and O–H groups in total. The molecule has 1 saturated heterocycles. The van der Waals surface area contributed by atoms with Crippen molar-refractivity contribution in [2.75, 3.05) is 158 Å². The van der Waals surface area contributed by atoms with Gasteiger partial charge < -0.3 is 62.5 Å². The molecular formula is C27H55NO12. The lowest BCUT2D eigenvalue weighted by Crippen LogP contribution is -2.33. The number of ether oxygens (including phenoxy) is 11. The Morgan fingerprint density at radius 2 is 0.625 bits per heavy atom. The molecule has 13 nitrogen and oxygen atoms in total. The highest BCUT2D eigenvalue weighted by Gasteiger charge is 2.12. The van der Waals surface area contributed by atoms with Crippen molar-refractivity contribution in [3.63, 3.8) is 0 Å². The van der Waals surface area contributed by atoms with E-state index < -0.39 is 0 Å². The summed E-state index contributed by atoms with van der Waals surface area (Å²) in [5.74, 6) is 0. The average molecular weight is 586 g/mol. The second-order valence-corrected chi connectivity index (χ2v) is 8.67. The molecule has 40 heavy (non-hydrogen) atoms. The van der Waals surface area contributed by atoms with E-state index in [1.165, 1.54) is 0 Å². The Labute approximate surface area is 240 Å². The lowest BCUT2D eigenvalue weighted by atomic mass is 10.1. The summed E-state index contributed by atoms with van der Waals surface area (Å²) in [7, 11) is 0. The quantitative estimate of drug-likeness (QED) is 0.0995. The van der Waals surface area contributed by atoms with Gasteiger partial charge in [0.15, 0.2) is 0 Å². The number of nitrogens with one attached hydrogen (secondary N) is 1. The number of rotatable bonds is 33. The van der Waals surface area contributed by atoms with Gasteiger partial charge in [-0.2, -0.15) is 0 Å². The third-order valence-electron chi connectivity index (χ3n) is 5.45. The topological polar surface area (TPSA) is 134 Å². The van der Waals surface area contributed by atoms with E-state index in [0.717, 1.165) is 25.9 Å². The predicted octanol–water partition coefficient (Wildman–Crippen LogP) is -0.0867. The Hall–Kier alpha value is -0.520. The van der Waals surface area contributed by atoms with E-state index in [2.05, 4.69) is 5.32 Å². The summed E-state index contributed by atoms with van der Waals surface area (Å²) in [6, 6.07) is 0. The largest absolute Gasteiger partial charge is 0.394 e. The molecule has 1 fully saturated rings. The van der Waals surface area contributed by atoms with E-state index >= 15 is 0 Å². The molecule has 0 spiro atoms. The van der Waals surface area contributed by atoms with Gasteiger partial charge in [0, 0.05) is 0 Å². The molecule has 0 aromatic rings. The van der Waals surface area contributed by atoms with Crippen molar-refractivity contribution in [3.8, 4) is 0 Å². The highest BCUT2D eigenvalue weighted by atomic mass is 16.6. The van der Waals surface area contributed by atoms with Gasteiger partial charge in [-0.05, 0) is 25.9 Å². The number of hydrogen-bond acceptors (Lipinski definition) is 13. The molecule has 0 aromatic heterocycles. The fourth-order valence-electron chi connectivity index (χ4n) is 3.38. The third kappa shape index (κ3) is 29.0. The van der Waals surface area contributed by atoms with Crippen molar-refractivity contribution >= 4 is 0 Å². The highest BCUT2D eigenvalue weighted by molar-refractivity contribution is 4.67. The molecule has 0 aliphatic carbocycles. The summed E-state index contributed by atoms with van der Waals surface area (Å²) in [6.07, 6.45) is 2.53. The van der Waals surface area contributed by atoms with Crippen LogP contribution in [0.25, 0.3) is 0 Å². The first-order valence-electron chi connectivity index (χ1n) is 14.6. The maximum Gasteiger partial charge on any atom is 0.0704 e. The van der Waals surface area contributed by atoms with Crippen LogP contribution in [0.15, 0.2) is 0 Å². The number of piperidine rings is 1. The van der Waals surface area contributed by atoms with Crippen LogP contribution < -0.4 is 5.32 Å². The van der Waals surface area contributed by atoms with Crippen LogP contribution >= 0.6 is 0 Å². The van der Waals surface area contributed by atoms with E-state index in [-0.39, 0.29) is 6.61 Å². The Kier molecular flexibility index (Phi) is 30.9. The first kappa shape index (κ1) is 37.5. The van der Waals surface area contributed by atoms with Crippen molar-refractivity contribution in [1.29, 1.82) is 0 Å². The van der Waals surface area contributed by atoms with E-state index in [1.807, 2.05) is 0 Å². The highest BCUT2D eigenvalue weighted by Crippen LogP contribution is 2.06. The monoisotopic (exact) mass is 585 g/mol. The molecule has 0 amide bonds. The molecule has 1 aliphatic rings. The van der Waals surface area contributed by atoms with Gasteiger partial charge in [-0.25, -0.2) is 0 Å². The zero-order valence-electron chi connectivity index (χ0n) is 24.4. The van der Waals surface area contributed by atoms with Gasteiger partial charge in [0.1, 0.15) is 0 Å². The Morgan fingerprint density at radius 3 is 0.900 bits per heavy atom. The molecule has 240 valence electrons. The zero-order valence-corrected chi connectivity index (χ0v) is 24.4. The molecule has 0 bridgehead atoms. The minimum atomic E-state index is 0.0282. The van der Waals surface area contributed by atoms with Crippen LogP contribution in [0.1, 0.15) is 12.8 Å². The van der Waals surface area contributed by atoms with Crippen molar-refractivity contribution in [1.82, 2.24) is 5.32 Å². The SMILES string of the molecule is OCCOCCOCCOCCOCCOCCOCCOCCOCCOCCOCCOC1CCNCC1. The fraction of sp³-hybridized carbons (Fsp3) is 1.00. The standard InChI is InChI=1S/C27H55NO12/c29-5-6-30-7-8-31-9-10-32-11-12-33-13-14-34-15-16-35-17-18-36-19-20-37-21-22-38-23-24-39-25-26-40-27-1-3-28-4-2-27/h27-29H,1-26H2. The predicted molar refractivity (Wildman–Crippen MR) is 147 cm³/mol. The summed E-state index contributed by atoms with van der Waals surface area (Å²) in [5.41, 5.74) is 0. The zero-order chi connectivity index (χ0) is 28.4. The molecule has 0 unspecified atom stereocenters. The molecule has 0 aromatic carbocycles. The van der Waals surface area contributed by atoms with E-state index in [1.54, 1.807) is 0 Å². The van der Waals surface area contributed by atoms with Crippen LogP contribution in [0.5, 0.6) is 0 Å². The van der Waals surface area contributed by atoms with Crippen LogP contribution in [0.4, 0.5) is 0 Å². The number of hydrogen-bond donors (Lipinski definition) is 2. The third-order valence-corrected chi connectivity index (χ3v) is 5.45. The van der Waals surface area contributed by atoms with Gasteiger partial charge in [-0.3, -0.25) is 0 Å². The second kappa shape index (κ2) is 33.0. The molecular weight excluding hydrogens is 530 g/mol. The minimum Gasteiger partial charge on any atom is -0.394 e. The summed E-state index contributed by atoms with van der Waals surface area (Å²) in [6.45, 7) is 13.0. The summed E-state index contributed by atoms with van der Waals surface area (Å²) in [5, 5.41) is 11.9. The van der Waals surface area contributed by atoms with Crippen LogP contribution in [0.2, 0.25) is 0 Å². The molecule has 13 heteroatoms. The van der Waals surface area contributed by atoms with Crippen LogP contribution in [-0.2, 0) is 52.1 Å². The Bertz CT molecular complexity index is 475.